The number of nitrogens with two attached hydrogens (primary N) is 1. The molecule has 0 aliphatic heterocycles. The largest absolute Gasteiger partial charge is 0.478 e. The van der Waals surface area contributed by atoms with Crippen LogP contribution in [0.5, 0.6) is 0 Å². The van der Waals surface area contributed by atoms with Crippen molar-refractivity contribution in [1.82, 2.24) is 4.98 Å². The Kier molecular flexibility index (Phi) is 12.9. The highest BCUT2D eigenvalue weighted by Gasteiger charge is 2.36. The first-order valence-corrected chi connectivity index (χ1v) is 13.0. The number of aliphatic carboxylic acids is 4. The molecule has 41 heavy (non-hydrogen) atoms. The third-order valence-corrected chi connectivity index (χ3v) is 7.35. The lowest BCUT2D eigenvalue weighted by Gasteiger charge is -2.38. The summed E-state index contributed by atoms with van der Waals surface area (Å²) in [4.78, 5) is 43.2. The fraction of sp³-hybridized carbons (Fsp3) is 0.233. The number of hydrogen-bond donors (Lipinski definition) is 5. The van der Waals surface area contributed by atoms with Gasteiger partial charge in [0.2, 0.25) is 0 Å². The second kappa shape index (κ2) is 15.3. The molecular weight excluding hydrogens is 548 g/mol. The number of carboxylic acids is 4. The van der Waals surface area contributed by atoms with Crippen molar-refractivity contribution in [2.24, 2.45) is 5.73 Å². The van der Waals surface area contributed by atoms with E-state index < -0.39 is 23.9 Å². The highest BCUT2D eigenvalue weighted by molar-refractivity contribution is 8.00. The van der Waals surface area contributed by atoms with Crippen LogP contribution in [-0.2, 0) is 19.2 Å². The summed E-state index contributed by atoms with van der Waals surface area (Å²) in [6, 6.07) is 18.9. The summed E-state index contributed by atoms with van der Waals surface area (Å²) in [5.41, 5.74) is 10.8. The van der Waals surface area contributed by atoms with E-state index in [0.717, 1.165) is 10.5 Å². The fourth-order valence-electron chi connectivity index (χ4n) is 3.03. The maximum atomic E-state index is 9.55. The average molecular weight is 583 g/mol. The Labute approximate surface area is 242 Å². The third-order valence-electron chi connectivity index (χ3n) is 5.82. The van der Waals surface area contributed by atoms with Crippen LogP contribution in [0.25, 0.3) is 22.0 Å². The van der Waals surface area contributed by atoms with Gasteiger partial charge in [-0.25, -0.2) is 24.2 Å². The standard InChI is InChI=1S/C22H26N2S.2C4H4O4/c1-15-17-13-9-10-14-18(17)24-20(25-22(4,5)21(2,3)23)19(15)16-11-7-6-8-12-16;2*5-3(6)1-2-4(7)8/h6-14H,23H2,1-5H3;2*1-2H,(H,5,6)(H,7,8). The van der Waals surface area contributed by atoms with Gasteiger partial charge in [0.25, 0.3) is 0 Å². The van der Waals surface area contributed by atoms with Gasteiger partial charge in [0.15, 0.2) is 0 Å². The van der Waals surface area contributed by atoms with Crippen LogP contribution >= 0.6 is 11.8 Å². The van der Waals surface area contributed by atoms with Gasteiger partial charge < -0.3 is 26.2 Å². The molecule has 0 spiro atoms. The quantitative estimate of drug-likeness (QED) is 0.172. The molecule has 6 N–H and O–H groups in total. The van der Waals surface area contributed by atoms with E-state index in [1.165, 1.54) is 22.1 Å². The van der Waals surface area contributed by atoms with Crippen molar-refractivity contribution >= 4 is 46.5 Å². The van der Waals surface area contributed by atoms with E-state index in [9.17, 15) is 19.2 Å². The van der Waals surface area contributed by atoms with Crippen LogP contribution in [0.15, 0.2) is 83.9 Å². The fourth-order valence-corrected chi connectivity index (χ4v) is 4.29. The van der Waals surface area contributed by atoms with Gasteiger partial charge in [0.05, 0.1) is 5.52 Å². The minimum absolute atomic E-state index is 0.154. The molecule has 0 fully saturated rings. The number of rotatable bonds is 8. The van der Waals surface area contributed by atoms with E-state index in [4.69, 9.17) is 31.1 Å². The molecule has 2 aromatic carbocycles. The van der Waals surface area contributed by atoms with E-state index in [2.05, 4.69) is 77.1 Å². The van der Waals surface area contributed by atoms with E-state index >= 15 is 0 Å². The summed E-state index contributed by atoms with van der Waals surface area (Å²) >= 11 is 1.77. The first-order valence-electron chi connectivity index (χ1n) is 12.2. The van der Waals surface area contributed by atoms with Crippen LogP contribution in [0.4, 0.5) is 0 Å². The molecule has 0 saturated heterocycles. The molecule has 0 radical (unpaired) electrons. The summed E-state index contributed by atoms with van der Waals surface area (Å²) in [6.45, 7) is 10.7. The third kappa shape index (κ3) is 11.7. The topological polar surface area (TPSA) is 188 Å². The van der Waals surface area contributed by atoms with Crippen LogP contribution in [0.1, 0.15) is 33.3 Å². The molecular formula is C30H34N2O8S. The molecule has 10 nitrogen and oxygen atoms in total. The van der Waals surface area contributed by atoms with Crippen LogP contribution in [0.2, 0.25) is 0 Å². The van der Waals surface area contributed by atoms with Crippen molar-refractivity contribution in [2.75, 3.05) is 0 Å². The Morgan fingerprint density at radius 3 is 1.56 bits per heavy atom. The molecule has 0 aliphatic rings. The van der Waals surface area contributed by atoms with Crippen LogP contribution in [-0.4, -0.2) is 59.6 Å². The lowest BCUT2D eigenvalue weighted by Crippen LogP contribution is -2.50. The second-order valence-electron chi connectivity index (χ2n) is 9.65. The monoisotopic (exact) mass is 582 g/mol. The van der Waals surface area contributed by atoms with Gasteiger partial charge >= 0.3 is 23.9 Å². The molecule has 3 rings (SSSR count). The number of carboxylic acid groups (broad SMARTS) is 4. The molecule has 11 heteroatoms. The number of benzene rings is 2. The van der Waals surface area contributed by atoms with Crippen molar-refractivity contribution in [3.8, 4) is 11.1 Å². The van der Waals surface area contributed by atoms with Crippen LogP contribution in [0, 0.1) is 6.92 Å². The van der Waals surface area contributed by atoms with Gasteiger partial charge in [-0.1, -0.05) is 60.3 Å². The molecule has 0 aliphatic carbocycles. The molecule has 0 saturated carbocycles. The molecule has 0 atom stereocenters. The number of para-hydroxylation sites is 1. The van der Waals surface area contributed by atoms with Crippen molar-refractivity contribution in [1.29, 1.82) is 0 Å². The highest BCUT2D eigenvalue weighted by Crippen LogP contribution is 2.44. The summed E-state index contributed by atoms with van der Waals surface area (Å²) in [5.74, 6) is -5.03. The van der Waals surface area contributed by atoms with Gasteiger partial charge in [-0.05, 0) is 51.8 Å². The maximum absolute atomic E-state index is 9.55. The van der Waals surface area contributed by atoms with Crippen molar-refractivity contribution in [3.05, 3.63) is 84.5 Å². The first-order chi connectivity index (χ1) is 19.0. The average Bonchev–Trinajstić information content (AvgIpc) is 2.87. The SMILES string of the molecule is Cc1c(-c2ccccc2)c(SC(C)(C)C(C)(C)N)nc2ccccc12.O=C(O)C=CC(=O)O.O=C(O)C=CC(=O)O. The van der Waals surface area contributed by atoms with Gasteiger partial charge in [-0.3, -0.25) is 0 Å². The Morgan fingerprint density at radius 2 is 1.15 bits per heavy atom. The van der Waals surface area contributed by atoms with Gasteiger partial charge in [-0.15, -0.1) is 0 Å². The van der Waals surface area contributed by atoms with Crippen molar-refractivity contribution < 1.29 is 39.6 Å². The number of carbonyl (C=O) groups is 4. The second-order valence-corrected chi connectivity index (χ2v) is 11.3. The number of nitrogens with zero attached hydrogens (tertiary/aromatic N) is 1. The Hall–Kier alpha value is -4.48. The lowest BCUT2D eigenvalue weighted by molar-refractivity contribution is -0.134. The summed E-state index contributed by atoms with van der Waals surface area (Å²) < 4.78 is -0.154. The van der Waals surface area contributed by atoms with Crippen LogP contribution in [0.3, 0.4) is 0 Å². The zero-order valence-corrected chi connectivity index (χ0v) is 24.2. The van der Waals surface area contributed by atoms with E-state index in [0.29, 0.717) is 24.3 Å². The number of aromatic nitrogens is 1. The maximum Gasteiger partial charge on any atom is 0.328 e. The normalized spacial score (nSPS) is 11.4. The molecule has 3 aromatic rings. The van der Waals surface area contributed by atoms with Gasteiger partial charge in [0.1, 0.15) is 5.03 Å². The van der Waals surface area contributed by atoms with Crippen molar-refractivity contribution in [2.45, 2.75) is 49.9 Å². The van der Waals surface area contributed by atoms with E-state index in [-0.39, 0.29) is 10.3 Å². The number of pyridine rings is 1. The molecule has 0 amide bonds. The van der Waals surface area contributed by atoms with Gasteiger partial charge in [0, 0.05) is 45.5 Å². The summed E-state index contributed by atoms with van der Waals surface area (Å²) in [7, 11) is 0. The Balaban J connectivity index is 0.000000433. The first kappa shape index (κ1) is 34.5. The Morgan fingerprint density at radius 1 is 0.732 bits per heavy atom. The predicted molar refractivity (Wildman–Crippen MR) is 159 cm³/mol. The van der Waals surface area contributed by atoms with Crippen molar-refractivity contribution in [3.63, 3.8) is 0 Å². The number of hydrogen-bond acceptors (Lipinski definition) is 7. The Bertz CT molecular complexity index is 1380. The molecule has 1 aromatic heterocycles. The molecule has 0 unspecified atom stereocenters. The number of aryl methyl sites for hydroxylation is 1. The zero-order valence-electron chi connectivity index (χ0n) is 23.4. The number of fused-ring (bicyclic) bond motifs is 1. The highest BCUT2D eigenvalue weighted by atomic mass is 32.2. The zero-order chi connectivity index (χ0) is 31.4. The van der Waals surface area contributed by atoms with E-state index in [1.54, 1.807) is 11.8 Å². The summed E-state index contributed by atoms with van der Waals surface area (Å²) in [5, 5.41) is 33.5. The van der Waals surface area contributed by atoms with E-state index in [1.807, 2.05) is 12.1 Å². The molecule has 218 valence electrons. The van der Waals surface area contributed by atoms with Gasteiger partial charge in [-0.2, -0.15) is 0 Å². The predicted octanol–water partition coefficient (Wildman–Crippen LogP) is 5.24. The molecule has 1 heterocycles. The van der Waals surface area contributed by atoms with Crippen LogP contribution < -0.4 is 5.73 Å². The lowest BCUT2D eigenvalue weighted by atomic mass is 9.91. The summed E-state index contributed by atoms with van der Waals surface area (Å²) in [6.07, 6.45) is 2.23. The smallest absolute Gasteiger partial charge is 0.328 e. The minimum Gasteiger partial charge on any atom is -0.478 e. The molecule has 0 bridgehead atoms. The number of thioether (sulfide) groups is 1. The minimum atomic E-state index is -1.26.